The molecule has 1 aromatic carbocycles. The van der Waals surface area contributed by atoms with E-state index in [9.17, 15) is 4.79 Å². The van der Waals surface area contributed by atoms with Gasteiger partial charge >= 0.3 is 0 Å². The maximum Gasteiger partial charge on any atom is 0.162 e. The van der Waals surface area contributed by atoms with Crippen LogP contribution in [0.1, 0.15) is 29.6 Å². The highest BCUT2D eigenvalue weighted by Gasteiger charge is 2.03. The lowest BCUT2D eigenvalue weighted by atomic mass is 10.1. The molecule has 0 spiro atoms. The summed E-state index contributed by atoms with van der Waals surface area (Å²) in [5.41, 5.74) is 0.786. The Bertz CT molecular complexity index is 317. The SMILES string of the molecule is C=CCCOCCCC(=O)c1ccccc1. The number of ether oxygens (including phenoxy) is 1. The minimum Gasteiger partial charge on any atom is -0.381 e. The molecule has 86 valence electrons. The minimum absolute atomic E-state index is 0.188. The van der Waals surface area contributed by atoms with Gasteiger partial charge in [0.1, 0.15) is 0 Å². The normalized spacial score (nSPS) is 10.0. The van der Waals surface area contributed by atoms with Gasteiger partial charge in [0.15, 0.2) is 5.78 Å². The summed E-state index contributed by atoms with van der Waals surface area (Å²) < 4.78 is 5.34. The summed E-state index contributed by atoms with van der Waals surface area (Å²) in [6, 6.07) is 9.37. The molecule has 0 saturated carbocycles. The molecule has 0 radical (unpaired) electrons. The Kier molecular flexibility index (Phi) is 6.19. The van der Waals surface area contributed by atoms with Crippen molar-refractivity contribution in [2.45, 2.75) is 19.3 Å². The van der Waals surface area contributed by atoms with Crippen molar-refractivity contribution in [3.8, 4) is 0 Å². The topological polar surface area (TPSA) is 26.3 Å². The van der Waals surface area contributed by atoms with Gasteiger partial charge in [-0.05, 0) is 12.8 Å². The van der Waals surface area contributed by atoms with Crippen LogP contribution in [0.15, 0.2) is 43.0 Å². The monoisotopic (exact) mass is 218 g/mol. The molecule has 0 bridgehead atoms. The van der Waals surface area contributed by atoms with E-state index in [1.807, 2.05) is 36.4 Å². The van der Waals surface area contributed by atoms with E-state index in [0.29, 0.717) is 19.6 Å². The first-order chi connectivity index (χ1) is 7.84. The zero-order chi connectivity index (χ0) is 11.6. The number of Topliss-reactive ketones (excluding diaryl/α,β-unsaturated/α-hetero) is 1. The molecule has 0 amide bonds. The molecule has 1 aromatic rings. The summed E-state index contributed by atoms with van der Waals surface area (Å²) in [7, 11) is 0. The van der Waals surface area contributed by atoms with Gasteiger partial charge in [-0.3, -0.25) is 4.79 Å². The lowest BCUT2D eigenvalue weighted by molar-refractivity contribution is 0.0941. The Hall–Kier alpha value is -1.41. The zero-order valence-corrected chi connectivity index (χ0v) is 9.52. The van der Waals surface area contributed by atoms with Crippen LogP contribution < -0.4 is 0 Å². The van der Waals surface area contributed by atoms with E-state index < -0.39 is 0 Å². The fraction of sp³-hybridized carbons (Fsp3) is 0.357. The van der Waals surface area contributed by atoms with Crippen molar-refractivity contribution in [1.29, 1.82) is 0 Å². The van der Waals surface area contributed by atoms with Crippen molar-refractivity contribution in [2.24, 2.45) is 0 Å². The van der Waals surface area contributed by atoms with E-state index in [1.165, 1.54) is 0 Å². The van der Waals surface area contributed by atoms with Crippen molar-refractivity contribution in [2.75, 3.05) is 13.2 Å². The molecule has 0 aromatic heterocycles. The fourth-order valence-corrected chi connectivity index (χ4v) is 1.37. The molecule has 0 unspecified atom stereocenters. The van der Waals surface area contributed by atoms with E-state index >= 15 is 0 Å². The standard InChI is InChI=1S/C14H18O2/c1-2-3-11-16-12-7-10-14(15)13-8-5-4-6-9-13/h2,4-6,8-9H,1,3,7,10-12H2. The summed E-state index contributed by atoms with van der Waals surface area (Å²) in [6.07, 6.45) is 4.03. The van der Waals surface area contributed by atoms with Crippen LogP contribution in [0.4, 0.5) is 0 Å². The summed E-state index contributed by atoms with van der Waals surface area (Å²) >= 11 is 0. The molecule has 0 heterocycles. The van der Waals surface area contributed by atoms with E-state index in [-0.39, 0.29) is 5.78 Å². The summed E-state index contributed by atoms with van der Waals surface area (Å²) in [4.78, 5) is 11.7. The van der Waals surface area contributed by atoms with Gasteiger partial charge in [0.2, 0.25) is 0 Å². The number of hydrogen-bond acceptors (Lipinski definition) is 2. The average molecular weight is 218 g/mol. The molecule has 2 nitrogen and oxygen atoms in total. The number of benzene rings is 1. The van der Waals surface area contributed by atoms with Crippen LogP contribution in [0.3, 0.4) is 0 Å². The molecule has 2 heteroatoms. The number of ketones is 1. The molecule has 1 rings (SSSR count). The third-order valence-corrected chi connectivity index (χ3v) is 2.25. The maximum absolute atomic E-state index is 11.7. The smallest absolute Gasteiger partial charge is 0.162 e. The number of hydrogen-bond donors (Lipinski definition) is 0. The van der Waals surface area contributed by atoms with Gasteiger partial charge < -0.3 is 4.74 Å². The Morgan fingerprint density at radius 2 is 2.00 bits per heavy atom. The summed E-state index contributed by atoms with van der Waals surface area (Å²) in [6.45, 7) is 4.95. The quantitative estimate of drug-likeness (QED) is 0.380. The predicted octanol–water partition coefficient (Wildman–Crippen LogP) is 3.24. The molecule has 0 aliphatic carbocycles. The van der Waals surface area contributed by atoms with Gasteiger partial charge in [-0.15, -0.1) is 6.58 Å². The van der Waals surface area contributed by atoms with Crippen molar-refractivity contribution in [3.63, 3.8) is 0 Å². The largest absolute Gasteiger partial charge is 0.381 e. The number of carbonyl (C=O) groups excluding carboxylic acids is 1. The molecule has 0 aliphatic heterocycles. The van der Waals surface area contributed by atoms with Crippen molar-refractivity contribution < 1.29 is 9.53 Å². The van der Waals surface area contributed by atoms with E-state index in [0.717, 1.165) is 18.4 Å². The Morgan fingerprint density at radius 3 is 2.69 bits per heavy atom. The van der Waals surface area contributed by atoms with E-state index in [2.05, 4.69) is 6.58 Å². The van der Waals surface area contributed by atoms with Gasteiger partial charge in [0.25, 0.3) is 0 Å². The van der Waals surface area contributed by atoms with Crippen LogP contribution in [0.25, 0.3) is 0 Å². The Labute approximate surface area is 96.9 Å². The highest BCUT2D eigenvalue weighted by molar-refractivity contribution is 5.95. The average Bonchev–Trinajstić information content (AvgIpc) is 2.34. The first kappa shape index (κ1) is 12.7. The Morgan fingerprint density at radius 1 is 1.25 bits per heavy atom. The van der Waals surface area contributed by atoms with Crippen molar-refractivity contribution in [1.82, 2.24) is 0 Å². The van der Waals surface area contributed by atoms with Gasteiger partial charge in [0.05, 0.1) is 0 Å². The van der Waals surface area contributed by atoms with Gasteiger partial charge in [-0.1, -0.05) is 36.4 Å². The van der Waals surface area contributed by atoms with Crippen LogP contribution in [0.2, 0.25) is 0 Å². The number of rotatable bonds is 8. The summed E-state index contributed by atoms with van der Waals surface area (Å²) in [5, 5.41) is 0. The Balaban J connectivity index is 2.14. The molecule has 16 heavy (non-hydrogen) atoms. The zero-order valence-electron chi connectivity index (χ0n) is 9.52. The summed E-state index contributed by atoms with van der Waals surface area (Å²) in [5.74, 6) is 0.188. The molecule has 0 fully saturated rings. The number of carbonyl (C=O) groups is 1. The maximum atomic E-state index is 11.7. The highest BCUT2D eigenvalue weighted by atomic mass is 16.5. The molecule has 0 atom stereocenters. The first-order valence-electron chi connectivity index (χ1n) is 5.61. The van der Waals surface area contributed by atoms with E-state index in [1.54, 1.807) is 0 Å². The third-order valence-electron chi connectivity index (χ3n) is 2.25. The van der Waals surface area contributed by atoms with Crippen molar-refractivity contribution >= 4 is 5.78 Å². The van der Waals surface area contributed by atoms with E-state index in [4.69, 9.17) is 4.74 Å². The molecule has 0 saturated heterocycles. The second kappa shape index (κ2) is 7.83. The molecule has 0 N–H and O–H groups in total. The second-order valence-electron chi connectivity index (χ2n) is 3.58. The van der Waals surface area contributed by atoms with Crippen LogP contribution in [0.5, 0.6) is 0 Å². The molecular weight excluding hydrogens is 200 g/mol. The first-order valence-corrected chi connectivity index (χ1v) is 5.61. The van der Waals surface area contributed by atoms with Crippen LogP contribution in [-0.4, -0.2) is 19.0 Å². The predicted molar refractivity (Wildman–Crippen MR) is 65.6 cm³/mol. The fourth-order valence-electron chi connectivity index (χ4n) is 1.37. The van der Waals surface area contributed by atoms with Gasteiger partial charge in [0, 0.05) is 25.2 Å². The van der Waals surface area contributed by atoms with Crippen molar-refractivity contribution in [3.05, 3.63) is 48.6 Å². The van der Waals surface area contributed by atoms with Gasteiger partial charge in [-0.25, -0.2) is 0 Å². The third kappa shape index (κ3) is 4.89. The second-order valence-corrected chi connectivity index (χ2v) is 3.58. The lowest BCUT2D eigenvalue weighted by Gasteiger charge is -2.02. The minimum atomic E-state index is 0.188. The van der Waals surface area contributed by atoms with Gasteiger partial charge in [-0.2, -0.15) is 0 Å². The lowest BCUT2D eigenvalue weighted by Crippen LogP contribution is -2.02. The molecule has 0 aliphatic rings. The molecular formula is C14H18O2. The highest BCUT2D eigenvalue weighted by Crippen LogP contribution is 2.05. The van der Waals surface area contributed by atoms with Crippen LogP contribution >= 0.6 is 0 Å². The van der Waals surface area contributed by atoms with Crippen LogP contribution in [0, 0.1) is 0 Å². The van der Waals surface area contributed by atoms with Crippen LogP contribution in [-0.2, 0) is 4.74 Å².